The van der Waals surface area contributed by atoms with Crippen LogP contribution in [0.1, 0.15) is 13.3 Å². The zero-order valence-corrected chi connectivity index (χ0v) is 18.4. The highest BCUT2D eigenvalue weighted by molar-refractivity contribution is 7.16. The van der Waals surface area contributed by atoms with Gasteiger partial charge in [-0.2, -0.15) is 4.99 Å². The highest BCUT2D eigenvalue weighted by atomic mass is 32.1. The van der Waals surface area contributed by atoms with Crippen LogP contribution in [0.3, 0.4) is 0 Å². The molecule has 0 atom stereocenters. The largest absolute Gasteiger partial charge is 0.493 e. The molecule has 1 heterocycles. The van der Waals surface area contributed by atoms with E-state index in [4.69, 9.17) is 18.9 Å². The minimum absolute atomic E-state index is 0.0735. The van der Waals surface area contributed by atoms with E-state index in [0.717, 1.165) is 4.70 Å². The highest BCUT2D eigenvalue weighted by Gasteiger charge is 2.16. The molecule has 0 N–H and O–H groups in total. The van der Waals surface area contributed by atoms with Crippen LogP contribution in [0, 0.1) is 0 Å². The smallest absolute Gasteiger partial charge is 0.326 e. The number of benzene rings is 2. The molecule has 8 nitrogen and oxygen atoms in total. The molecule has 0 spiro atoms. The molecule has 164 valence electrons. The number of amides is 1. The lowest BCUT2D eigenvalue weighted by Gasteiger charge is -2.09. The van der Waals surface area contributed by atoms with Crippen LogP contribution in [0.15, 0.2) is 47.5 Å². The molecule has 0 aliphatic heterocycles. The van der Waals surface area contributed by atoms with Gasteiger partial charge in [0.25, 0.3) is 5.91 Å². The number of rotatable bonds is 9. The maximum Gasteiger partial charge on any atom is 0.326 e. The maximum atomic E-state index is 12.5. The summed E-state index contributed by atoms with van der Waals surface area (Å²) in [6.45, 7) is 2.14. The highest BCUT2D eigenvalue weighted by Crippen LogP contribution is 2.33. The van der Waals surface area contributed by atoms with Gasteiger partial charge in [0.2, 0.25) is 0 Å². The Morgan fingerprint density at radius 3 is 2.45 bits per heavy atom. The summed E-state index contributed by atoms with van der Waals surface area (Å²) in [7, 11) is 3.08. The Bertz CT molecular complexity index is 1120. The molecule has 2 aromatic carbocycles. The van der Waals surface area contributed by atoms with E-state index in [1.807, 2.05) is 30.3 Å². The maximum absolute atomic E-state index is 12.5. The molecule has 0 radical (unpaired) electrons. The van der Waals surface area contributed by atoms with Gasteiger partial charge >= 0.3 is 5.97 Å². The van der Waals surface area contributed by atoms with Crippen LogP contribution < -0.4 is 19.0 Å². The molecular weight excluding hydrogens is 420 g/mol. The number of carbonyl (C=O) groups is 2. The number of hydrogen-bond donors (Lipinski definition) is 0. The molecule has 0 saturated heterocycles. The van der Waals surface area contributed by atoms with E-state index in [-0.39, 0.29) is 32.1 Å². The number of carbonyl (C=O) groups excluding carboxylic acids is 2. The SMILES string of the molecule is CCOC(=O)Cn1c(=NC(=O)CCOc2ccccc2)sc2cc(OC)c(OC)cc21. The minimum Gasteiger partial charge on any atom is -0.493 e. The molecule has 1 aromatic heterocycles. The first kappa shape index (κ1) is 22.4. The molecule has 0 aliphatic rings. The van der Waals surface area contributed by atoms with Gasteiger partial charge in [0, 0.05) is 12.1 Å². The molecular formula is C22H24N2O6S. The third kappa shape index (κ3) is 5.64. The second kappa shape index (κ2) is 10.6. The predicted molar refractivity (Wildman–Crippen MR) is 117 cm³/mol. The van der Waals surface area contributed by atoms with Crippen molar-refractivity contribution in [3.8, 4) is 17.2 Å². The van der Waals surface area contributed by atoms with E-state index in [2.05, 4.69) is 4.99 Å². The summed E-state index contributed by atoms with van der Waals surface area (Å²) < 4.78 is 23.8. The van der Waals surface area contributed by atoms with Gasteiger partial charge in [-0.3, -0.25) is 9.59 Å². The Morgan fingerprint density at radius 2 is 1.77 bits per heavy atom. The number of methoxy groups -OCH3 is 2. The minimum atomic E-state index is -0.418. The summed E-state index contributed by atoms with van der Waals surface area (Å²) in [5.41, 5.74) is 0.697. The van der Waals surface area contributed by atoms with Crippen molar-refractivity contribution in [2.45, 2.75) is 19.9 Å². The molecule has 0 aliphatic carbocycles. The molecule has 1 amide bonds. The van der Waals surface area contributed by atoms with Gasteiger partial charge in [-0.1, -0.05) is 29.5 Å². The molecule has 3 rings (SSSR count). The zero-order valence-electron chi connectivity index (χ0n) is 17.6. The van der Waals surface area contributed by atoms with Crippen molar-refractivity contribution in [2.24, 2.45) is 4.99 Å². The predicted octanol–water partition coefficient (Wildman–Crippen LogP) is 3.18. The number of hydrogen-bond acceptors (Lipinski definition) is 7. The summed E-state index contributed by atoms with van der Waals surface area (Å²) in [5, 5.41) is 0. The van der Waals surface area contributed by atoms with E-state index >= 15 is 0 Å². The normalized spacial score (nSPS) is 11.4. The first-order chi connectivity index (χ1) is 15.0. The first-order valence-electron chi connectivity index (χ1n) is 9.72. The standard InChI is InChI=1S/C22H24N2O6S/c1-4-29-21(26)14-24-16-12-17(27-2)18(28-3)13-19(16)31-22(24)23-20(25)10-11-30-15-8-6-5-7-9-15/h5-9,12-13H,4,10-11,14H2,1-3H3. The van der Waals surface area contributed by atoms with Gasteiger partial charge in [0.05, 0.1) is 44.1 Å². The molecule has 31 heavy (non-hydrogen) atoms. The van der Waals surface area contributed by atoms with Crippen LogP contribution in [-0.4, -0.2) is 43.9 Å². The summed E-state index contributed by atoms with van der Waals surface area (Å²) in [5.74, 6) is 0.985. The van der Waals surface area contributed by atoms with Crippen LogP contribution >= 0.6 is 11.3 Å². The van der Waals surface area contributed by atoms with Crippen molar-refractivity contribution in [1.29, 1.82) is 0 Å². The summed E-state index contributed by atoms with van der Waals surface area (Å²) in [4.78, 5) is 29.2. The van der Waals surface area contributed by atoms with Gasteiger partial charge < -0.3 is 23.5 Å². The van der Waals surface area contributed by atoms with E-state index < -0.39 is 5.97 Å². The van der Waals surface area contributed by atoms with Gasteiger partial charge in [0.15, 0.2) is 16.3 Å². The topological polar surface area (TPSA) is 88.4 Å². The molecule has 9 heteroatoms. The van der Waals surface area contributed by atoms with Crippen LogP contribution in [0.2, 0.25) is 0 Å². The summed E-state index contributed by atoms with van der Waals surface area (Å²) in [6, 6.07) is 12.8. The first-order valence-corrected chi connectivity index (χ1v) is 10.5. The van der Waals surface area contributed by atoms with Crippen molar-refractivity contribution in [1.82, 2.24) is 4.57 Å². The number of ether oxygens (including phenoxy) is 4. The lowest BCUT2D eigenvalue weighted by molar-refractivity contribution is -0.143. The summed E-state index contributed by atoms with van der Waals surface area (Å²) >= 11 is 1.28. The Balaban J connectivity index is 1.90. The summed E-state index contributed by atoms with van der Waals surface area (Å²) in [6.07, 6.45) is 0.106. The van der Waals surface area contributed by atoms with E-state index in [1.165, 1.54) is 18.4 Å². The van der Waals surface area contributed by atoms with Crippen LogP contribution in [0.5, 0.6) is 17.2 Å². The number of aromatic nitrogens is 1. The van der Waals surface area contributed by atoms with Gasteiger partial charge in [-0.25, -0.2) is 0 Å². The fourth-order valence-corrected chi connectivity index (χ4v) is 3.96. The fraction of sp³-hybridized carbons (Fsp3) is 0.318. The van der Waals surface area contributed by atoms with Crippen molar-refractivity contribution in [3.63, 3.8) is 0 Å². The van der Waals surface area contributed by atoms with E-state index in [1.54, 1.807) is 30.7 Å². The third-order valence-corrected chi connectivity index (χ3v) is 5.37. The average Bonchev–Trinajstić information content (AvgIpc) is 3.09. The molecule has 3 aromatic rings. The number of nitrogens with zero attached hydrogens (tertiary/aromatic N) is 2. The van der Waals surface area contributed by atoms with Crippen LogP contribution in [0.25, 0.3) is 10.2 Å². The lowest BCUT2D eigenvalue weighted by atomic mass is 10.3. The zero-order chi connectivity index (χ0) is 22.2. The second-order valence-corrected chi connectivity index (χ2v) is 7.38. The monoisotopic (exact) mass is 444 g/mol. The number of esters is 1. The molecule has 0 bridgehead atoms. The quantitative estimate of drug-likeness (QED) is 0.471. The molecule has 0 fully saturated rings. The molecule has 0 unspecified atom stereocenters. The van der Waals surface area contributed by atoms with Crippen molar-refractivity contribution in [3.05, 3.63) is 47.3 Å². The van der Waals surface area contributed by atoms with Gasteiger partial charge in [-0.05, 0) is 19.1 Å². The molecule has 0 saturated carbocycles. The van der Waals surface area contributed by atoms with Gasteiger partial charge in [0.1, 0.15) is 12.3 Å². The number of thiazole rings is 1. The van der Waals surface area contributed by atoms with Crippen molar-refractivity contribution in [2.75, 3.05) is 27.4 Å². The Hall–Kier alpha value is -3.33. The number of fused-ring (bicyclic) bond motifs is 1. The van der Waals surface area contributed by atoms with Crippen LogP contribution in [0.4, 0.5) is 0 Å². The van der Waals surface area contributed by atoms with E-state index in [9.17, 15) is 9.59 Å². The third-order valence-electron chi connectivity index (χ3n) is 4.33. The van der Waals surface area contributed by atoms with Crippen molar-refractivity contribution >= 4 is 33.4 Å². The fourth-order valence-electron chi connectivity index (χ4n) is 2.91. The Labute approximate surface area is 183 Å². The van der Waals surface area contributed by atoms with Crippen LogP contribution in [-0.2, 0) is 20.9 Å². The number of para-hydroxylation sites is 1. The van der Waals surface area contributed by atoms with E-state index in [0.29, 0.717) is 27.6 Å². The van der Waals surface area contributed by atoms with Gasteiger partial charge in [-0.15, -0.1) is 0 Å². The Kier molecular flexibility index (Phi) is 7.66. The van der Waals surface area contributed by atoms with Crippen molar-refractivity contribution < 1.29 is 28.5 Å². The second-order valence-electron chi connectivity index (χ2n) is 6.37. The average molecular weight is 445 g/mol. The Morgan fingerprint density at radius 1 is 1.06 bits per heavy atom. The lowest BCUT2D eigenvalue weighted by Crippen LogP contribution is -2.23.